The van der Waals surface area contributed by atoms with Crippen LogP contribution in [0.5, 0.6) is 0 Å². The van der Waals surface area contributed by atoms with Gasteiger partial charge >= 0.3 is 0 Å². The normalized spacial score (nSPS) is 10.3. The third kappa shape index (κ3) is 1.76. The van der Waals surface area contributed by atoms with E-state index in [1.165, 1.54) is 0 Å². The molecule has 0 N–H and O–H groups in total. The Morgan fingerprint density at radius 3 is 2.80 bits per heavy atom. The lowest BCUT2D eigenvalue weighted by Gasteiger charge is -2.03. The van der Waals surface area contributed by atoms with Gasteiger partial charge in [0.25, 0.3) is 0 Å². The Balaban J connectivity index is 2.55. The van der Waals surface area contributed by atoms with Crippen LogP contribution >= 0.6 is 11.6 Å². The van der Waals surface area contributed by atoms with Gasteiger partial charge in [0.05, 0.1) is 5.02 Å². The van der Waals surface area contributed by atoms with Crippen LogP contribution in [-0.2, 0) is 7.05 Å². The fraction of sp³-hybridized carbons (Fsp3) is 0.100. The van der Waals surface area contributed by atoms with Crippen molar-refractivity contribution >= 4 is 17.9 Å². The first-order valence-electron chi connectivity index (χ1n) is 4.31. The molecule has 0 fully saturated rings. The zero-order valence-corrected chi connectivity index (χ0v) is 8.77. The Bertz CT molecular complexity index is 507. The van der Waals surface area contributed by atoms with Gasteiger partial charge in [-0.1, -0.05) is 17.7 Å². The zero-order valence-electron chi connectivity index (χ0n) is 8.01. The molecule has 1 aromatic heterocycles. The standard InChI is InChI=1S/C10H8ClN3O/c1-14-6-12-13-10(14)8-3-2-7(5-15)4-9(8)11/h2-6H,1H3. The van der Waals surface area contributed by atoms with Crippen LogP contribution in [0.1, 0.15) is 10.4 Å². The molecule has 1 heterocycles. The molecule has 0 radical (unpaired) electrons. The fourth-order valence-electron chi connectivity index (χ4n) is 1.31. The van der Waals surface area contributed by atoms with Crippen LogP contribution in [0.25, 0.3) is 11.4 Å². The molecule has 0 bridgehead atoms. The van der Waals surface area contributed by atoms with Crippen LogP contribution in [0, 0.1) is 0 Å². The molecular weight excluding hydrogens is 214 g/mol. The summed E-state index contributed by atoms with van der Waals surface area (Å²) in [4.78, 5) is 10.5. The second kappa shape index (κ2) is 3.82. The van der Waals surface area contributed by atoms with Crippen molar-refractivity contribution in [1.29, 1.82) is 0 Å². The van der Waals surface area contributed by atoms with Gasteiger partial charge in [0.2, 0.25) is 0 Å². The van der Waals surface area contributed by atoms with Crippen molar-refractivity contribution < 1.29 is 4.79 Å². The Labute approximate surface area is 91.5 Å². The first-order chi connectivity index (χ1) is 7.22. The maximum absolute atomic E-state index is 10.5. The lowest BCUT2D eigenvalue weighted by molar-refractivity contribution is 0.112. The number of nitrogens with zero attached hydrogens (tertiary/aromatic N) is 3. The summed E-state index contributed by atoms with van der Waals surface area (Å²) < 4.78 is 1.77. The molecule has 0 unspecified atom stereocenters. The number of carbonyl (C=O) groups excluding carboxylic acids is 1. The molecule has 2 aromatic rings. The van der Waals surface area contributed by atoms with Gasteiger partial charge in [0.1, 0.15) is 12.6 Å². The number of rotatable bonds is 2. The second-order valence-corrected chi connectivity index (χ2v) is 3.53. The van der Waals surface area contributed by atoms with Crippen molar-refractivity contribution in [3.63, 3.8) is 0 Å². The second-order valence-electron chi connectivity index (χ2n) is 3.12. The Kier molecular flexibility index (Phi) is 2.51. The number of aldehydes is 1. The molecule has 0 amide bonds. The molecule has 0 aliphatic carbocycles. The van der Waals surface area contributed by atoms with Crippen molar-refractivity contribution in [3.8, 4) is 11.4 Å². The minimum absolute atomic E-state index is 0.496. The molecular formula is C10H8ClN3O. The SMILES string of the molecule is Cn1cnnc1-c1ccc(C=O)cc1Cl. The molecule has 0 saturated carbocycles. The predicted molar refractivity (Wildman–Crippen MR) is 56.8 cm³/mol. The highest BCUT2D eigenvalue weighted by atomic mass is 35.5. The van der Waals surface area contributed by atoms with E-state index < -0.39 is 0 Å². The van der Waals surface area contributed by atoms with Crippen molar-refractivity contribution in [1.82, 2.24) is 14.8 Å². The van der Waals surface area contributed by atoms with Gasteiger partial charge in [-0.05, 0) is 12.1 Å². The summed E-state index contributed by atoms with van der Waals surface area (Å²) in [6.07, 6.45) is 2.35. The minimum atomic E-state index is 0.496. The van der Waals surface area contributed by atoms with E-state index >= 15 is 0 Å². The van der Waals surface area contributed by atoms with E-state index in [-0.39, 0.29) is 0 Å². The van der Waals surface area contributed by atoms with Gasteiger partial charge in [-0.2, -0.15) is 0 Å². The third-order valence-electron chi connectivity index (χ3n) is 2.08. The average molecular weight is 222 g/mol. The summed E-state index contributed by atoms with van der Waals surface area (Å²) in [6, 6.07) is 5.07. The molecule has 2 rings (SSSR count). The number of benzene rings is 1. The van der Waals surface area contributed by atoms with E-state index in [2.05, 4.69) is 10.2 Å². The lowest BCUT2D eigenvalue weighted by atomic mass is 10.1. The molecule has 0 aliphatic rings. The highest BCUT2D eigenvalue weighted by Gasteiger charge is 2.09. The fourth-order valence-corrected chi connectivity index (χ4v) is 1.59. The largest absolute Gasteiger partial charge is 0.317 e. The number of hydrogen-bond donors (Lipinski definition) is 0. The summed E-state index contributed by atoms with van der Waals surface area (Å²) in [6.45, 7) is 0. The van der Waals surface area contributed by atoms with Crippen molar-refractivity contribution in [2.75, 3.05) is 0 Å². The van der Waals surface area contributed by atoms with Gasteiger partial charge in [-0.3, -0.25) is 4.79 Å². The monoisotopic (exact) mass is 221 g/mol. The first kappa shape index (κ1) is 9.86. The van der Waals surface area contributed by atoms with Crippen LogP contribution in [0.2, 0.25) is 5.02 Å². The molecule has 5 heteroatoms. The van der Waals surface area contributed by atoms with Crippen LogP contribution in [0.4, 0.5) is 0 Å². The quantitative estimate of drug-likeness (QED) is 0.729. The number of halogens is 1. The van der Waals surface area contributed by atoms with E-state index in [0.29, 0.717) is 16.4 Å². The van der Waals surface area contributed by atoms with E-state index in [1.807, 2.05) is 7.05 Å². The van der Waals surface area contributed by atoms with Gasteiger partial charge in [-0.25, -0.2) is 0 Å². The summed E-state index contributed by atoms with van der Waals surface area (Å²) in [7, 11) is 1.83. The van der Waals surface area contributed by atoms with Gasteiger partial charge < -0.3 is 4.57 Å². The van der Waals surface area contributed by atoms with Gasteiger partial charge in [0, 0.05) is 18.2 Å². The smallest absolute Gasteiger partial charge is 0.164 e. The predicted octanol–water partition coefficient (Wildman–Crippen LogP) is 1.95. The van der Waals surface area contributed by atoms with Gasteiger partial charge in [-0.15, -0.1) is 10.2 Å². The minimum Gasteiger partial charge on any atom is -0.317 e. The number of carbonyl (C=O) groups is 1. The summed E-state index contributed by atoms with van der Waals surface area (Å²) in [5.41, 5.74) is 1.31. The maximum atomic E-state index is 10.5. The molecule has 4 nitrogen and oxygen atoms in total. The summed E-state index contributed by atoms with van der Waals surface area (Å²) in [5, 5.41) is 8.21. The first-order valence-corrected chi connectivity index (χ1v) is 4.69. The van der Waals surface area contributed by atoms with E-state index in [0.717, 1.165) is 11.8 Å². The molecule has 0 atom stereocenters. The van der Waals surface area contributed by atoms with E-state index in [9.17, 15) is 4.79 Å². The average Bonchev–Trinajstić information content (AvgIpc) is 2.64. The Hall–Kier alpha value is -1.68. The number of aromatic nitrogens is 3. The van der Waals surface area contributed by atoms with E-state index in [1.54, 1.807) is 29.1 Å². The molecule has 1 aromatic carbocycles. The van der Waals surface area contributed by atoms with Crippen molar-refractivity contribution in [2.24, 2.45) is 7.05 Å². The zero-order chi connectivity index (χ0) is 10.8. The maximum Gasteiger partial charge on any atom is 0.164 e. The molecule has 0 spiro atoms. The summed E-state index contributed by atoms with van der Waals surface area (Å²) >= 11 is 6.03. The molecule has 76 valence electrons. The number of hydrogen-bond acceptors (Lipinski definition) is 3. The van der Waals surface area contributed by atoms with Crippen LogP contribution in [0.3, 0.4) is 0 Å². The molecule has 15 heavy (non-hydrogen) atoms. The van der Waals surface area contributed by atoms with Crippen LogP contribution in [0.15, 0.2) is 24.5 Å². The highest BCUT2D eigenvalue weighted by molar-refractivity contribution is 6.33. The van der Waals surface area contributed by atoms with Crippen LogP contribution < -0.4 is 0 Å². The number of aryl methyl sites for hydroxylation is 1. The van der Waals surface area contributed by atoms with Crippen LogP contribution in [-0.4, -0.2) is 21.1 Å². The van der Waals surface area contributed by atoms with Gasteiger partial charge in [0.15, 0.2) is 5.82 Å². The topological polar surface area (TPSA) is 47.8 Å². The summed E-state index contributed by atoms with van der Waals surface area (Å²) in [5.74, 6) is 0.678. The Morgan fingerprint density at radius 1 is 1.47 bits per heavy atom. The highest BCUT2D eigenvalue weighted by Crippen LogP contribution is 2.26. The van der Waals surface area contributed by atoms with Crippen molar-refractivity contribution in [2.45, 2.75) is 0 Å². The lowest BCUT2D eigenvalue weighted by Crippen LogP contribution is -1.92. The Morgan fingerprint density at radius 2 is 2.27 bits per heavy atom. The molecule has 0 aliphatic heterocycles. The van der Waals surface area contributed by atoms with Crippen molar-refractivity contribution in [3.05, 3.63) is 35.1 Å². The van der Waals surface area contributed by atoms with E-state index in [4.69, 9.17) is 11.6 Å². The molecule has 0 saturated heterocycles. The third-order valence-corrected chi connectivity index (χ3v) is 2.39.